The average Bonchev–Trinajstić information content (AvgIpc) is 3.31. The number of nitrogens with two attached hydrogens (primary N) is 1. The zero-order valence-electron chi connectivity index (χ0n) is 18.7. The van der Waals surface area contributed by atoms with E-state index in [1.165, 1.54) is 18.8 Å². The first-order chi connectivity index (χ1) is 16.0. The number of hydrogen-bond donors (Lipinski definition) is 1. The number of benzene rings is 1. The monoisotopic (exact) mass is 446 g/mol. The van der Waals surface area contributed by atoms with Crippen LogP contribution in [0.3, 0.4) is 0 Å². The summed E-state index contributed by atoms with van der Waals surface area (Å²) in [5, 5.41) is 0. The highest BCUT2D eigenvalue weighted by atomic mass is 19.1. The number of carbonyl (C=O) groups is 1. The molecule has 2 aliphatic heterocycles. The third-order valence-corrected chi connectivity index (χ3v) is 6.68. The number of carbonyl (C=O) groups excluding carboxylic acids is 1. The molecule has 1 atom stereocenters. The van der Waals surface area contributed by atoms with Gasteiger partial charge in [0.15, 0.2) is 0 Å². The van der Waals surface area contributed by atoms with Crippen LogP contribution in [-0.2, 0) is 6.42 Å². The molecule has 2 fully saturated rings. The average molecular weight is 447 g/mol. The second-order valence-corrected chi connectivity index (χ2v) is 8.65. The first-order valence-corrected chi connectivity index (χ1v) is 11.4. The van der Waals surface area contributed by atoms with Gasteiger partial charge in [0.05, 0.1) is 17.0 Å². The summed E-state index contributed by atoms with van der Waals surface area (Å²) in [5.41, 5.74) is 9.49. The summed E-state index contributed by atoms with van der Waals surface area (Å²) in [6, 6.07) is 8.72. The molecule has 33 heavy (non-hydrogen) atoms. The Morgan fingerprint density at radius 3 is 2.73 bits per heavy atom. The molecule has 2 N–H and O–H groups in total. The standard InChI is InChI=1S/C25H27FN6O/c1-2-21-23(17-6-8-22(27)28-13-17)24(30-15-29-21)16-5-7-19(20(26)12-16)25(33)32-11-10-31-9-3-4-18(31)14-32/h5-8,12-13,15,18H,2-4,9-11,14H2,1H3,(H2,27,28)/t18-/m0/s1. The normalized spacial score (nSPS) is 18.4. The second kappa shape index (κ2) is 8.86. The van der Waals surface area contributed by atoms with Gasteiger partial charge in [-0.3, -0.25) is 9.69 Å². The number of aryl methyl sites for hydroxylation is 1. The van der Waals surface area contributed by atoms with Gasteiger partial charge in [-0.05, 0) is 50.1 Å². The minimum Gasteiger partial charge on any atom is -0.384 e. The van der Waals surface area contributed by atoms with Crippen molar-refractivity contribution in [2.24, 2.45) is 0 Å². The molecule has 0 aliphatic carbocycles. The molecule has 2 saturated heterocycles. The summed E-state index contributed by atoms with van der Waals surface area (Å²) in [6.07, 6.45) is 6.11. The molecular weight excluding hydrogens is 419 g/mol. The Hall–Kier alpha value is -3.39. The van der Waals surface area contributed by atoms with Gasteiger partial charge in [0.1, 0.15) is 18.0 Å². The minimum atomic E-state index is -0.538. The molecule has 170 valence electrons. The first-order valence-electron chi connectivity index (χ1n) is 11.4. The summed E-state index contributed by atoms with van der Waals surface area (Å²) in [4.78, 5) is 30.4. The number of rotatable bonds is 4. The molecule has 5 rings (SSSR count). The molecule has 0 bridgehead atoms. The first kappa shape index (κ1) is 21.5. The van der Waals surface area contributed by atoms with E-state index in [9.17, 15) is 4.79 Å². The topological polar surface area (TPSA) is 88.2 Å². The van der Waals surface area contributed by atoms with Gasteiger partial charge in [0.25, 0.3) is 5.91 Å². The fourth-order valence-electron chi connectivity index (χ4n) is 4.95. The zero-order valence-corrected chi connectivity index (χ0v) is 18.7. The molecule has 3 aromatic rings. The highest BCUT2D eigenvalue weighted by molar-refractivity contribution is 5.95. The van der Waals surface area contributed by atoms with Crippen LogP contribution in [0.1, 0.15) is 35.8 Å². The molecule has 7 nitrogen and oxygen atoms in total. The van der Waals surface area contributed by atoms with Crippen molar-refractivity contribution in [3.05, 3.63) is 59.9 Å². The Morgan fingerprint density at radius 2 is 1.97 bits per heavy atom. The molecule has 1 aromatic carbocycles. The lowest BCUT2D eigenvalue weighted by Crippen LogP contribution is -2.52. The maximum Gasteiger partial charge on any atom is 0.256 e. The Kier molecular flexibility index (Phi) is 5.76. The van der Waals surface area contributed by atoms with Gasteiger partial charge in [-0.1, -0.05) is 13.0 Å². The zero-order chi connectivity index (χ0) is 22.9. The second-order valence-electron chi connectivity index (χ2n) is 8.65. The van der Waals surface area contributed by atoms with Crippen molar-refractivity contribution in [1.82, 2.24) is 24.8 Å². The van der Waals surface area contributed by atoms with E-state index in [-0.39, 0.29) is 11.5 Å². The number of amides is 1. The van der Waals surface area contributed by atoms with E-state index >= 15 is 4.39 Å². The highest BCUT2D eigenvalue weighted by Gasteiger charge is 2.33. The minimum absolute atomic E-state index is 0.102. The van der Waals surface area contributed by atoms with E-state index in [2.05, 4.69) is 19.9 Å². The van der Waals surface area contributed by atoms with Crippen molar-refractivity contribution < 1.29 is 9.18 Å². The van der Waals surface area contributed by atoms with Crippen LogP contribution in [0.25, 0.3) is 22.4 Å². The number of nitrogens with zero attached hydrogens (tertiary/aromatic N) is 5. The molecule has 2 aliphatic rings. The predicted molar refractivity (Wildman–Crippen MR) is 125 cm³/mol. The van der Waals surface area contributed by atoms with E-state index < -0.39 is 5.82 Å². The van der Waals surface area contributed by atoms with E-state index in [4.69, 9.17) is 5.73 Å². The number of aromatic nitrogens is 3. The van der Waals surface area contributed by atoms with Crippen LogP contribution >= 0.6 is 0 Å². The van der Waals surface area contributed by atoms with E-state index in [0.717, 1.165) is 36.3 Å². The fourth-order valence-corrected chi connectivity index (χ4v) is 4.95. The molecule has 0 saturated carbocycles. The third kappa shape index (κ3) is 4.06. The number of piperazine rings is 1. The van der Waals surface area contributed by atoms with Gasteiger partial charge in [-0.15, -0.1) is 0 Å². The number of fused-ring (bicyclic) bond motifs is 1. The SMILES string of the molecule is CCc1ncnc(-c2ccc(C(=O)N3CCN4CCC[C@H]4C3)c(F)c2)c1-c1ccc(N)nc1. The molecule has 1 amide bonds. The predicted octanol–water partition coefficient (Wildman–Crippen LogP) is 3.41. The van der Waals surface area contributed by atoms with Crippen molar-refractivity contribution in [2.75, 3.05) is 31.9 Å². The fraction of sp³-hybridized carbons (Fsp3) is 0.360. The third-order valence-electron chi connectivity index (χ3n) is 6.68. The van der Waals surface area contributed by atoms with Crippen LogP contribution in [0.2, 0.25) is 0 Å². The quantitative estimate of drug-likeness (QED) is 0.661. The molecular formula is C25H27FN6O. The molecule has 0 spiro atoms. The summed E-state index contributed by atoms with van der Waals surface area (Å²) >= 11 is 0. The molecule has 0 unspecified atom stereocenters. The summed E-state index contributed by atoms with van der Waals surface area (Å²) in [5.74, 6) is -0.363. The van der Waals surface area contributed by atoms with Crippen LogP contribution in [0.5, 0.6) is 0 Å². The number of nitrogen functional groups attached to an aromatic ring is 1. The lowest BCUT2D eigenvalue weighted by Gasteiger charge is -2.37. The number of anilines is 1. The smallest absolute Gasteiger partial charge is 0.256 e. The van der Waals surface area contributed by atoms with Crippen molar-refractivity contribution in [3.8, 4) is 22.4 Å². The van der Waals surface area contributed by atoms with Gasteiger partial charge < -0.3 is 10.6 Å². The Balaban J connectivity index is 1.47. The summed E-state index contributed by atoms with van der Waals surface area (Å²) in [7, 11) is 0. The van der Waals surface area contributed by atoms with Crippen LogP contribution in [0.4, 0.5) is 10.2 Å². The lowest BCUT2D eigenvalue weighted by molar-refractivity contribution is 0.0567. The maximum absolute atomic E-state index is 15.2. The summed E-state index contributed by atoms with van der Waals surface area (Å²) in [6.45, 7) is 5.26. The highest BCUT2D eigenvalue weighted by Crippen LogP contribution is 2.33. The van der Waals surface area contributed by atoms with Crippen LogP contribution in [0, 0.1) is 5.82 Å². The Bertz CT molecular complexity index is 1180. The summed E-state index contributed by atoms with van der Waals surface area (Å²) < 4.78 is 15.2. The van der Waals surface area contributed by atoms with Gasteiger partial charge in [-0.25, -0.2) is 19.3 Å². The van der Waals surface area contributed by atoms with Gasteiger partial charge >= 0.3 is 0 Å². The van der Waals surface area contributed by atoms with Crippen molar-refractivity contribution >= 4 is 11.7 Å². The van der Waals surface area contributed by atoms with Gasteiger partial charge in [0.2, 0.25) is 0 Å². The number of halogens is 1. The Morgan fingerprint density at radius 1 is 1.12 bits per heavy atom. The largest absolute Gasteiger partial charge is 0.384 e. The van der Waals surface area contributed by atoms with Gasteiger partial charge in [-0.2, -0.15) is 0 Å². The van der Waals surface area contributed by atoms with Crippen LogP contribution in [0.15, 0.2) is 42.9 Å². The Labute approximate surface area is 192 Å². The molecule has 4 heterocycles. The molecule has 0 radical (unpaired) electrons. The lowest BCUT2D eigenvalue weighted by atomic mass is 9.96. The van der Waals surface area contributed by atoms with E-state index in [0.29, 0.717) is 42.6 Å². The van der Waals surface area contributed by atoms with Crippen molar-refractivity contribution in [1.29, 1.82) is 0 Å². The van der Waals surface area contributed by atoms with Crippen LogP contribution < -0.4 is 5.73 Å². The number of pyridine rings is 1. The van der Waals surface area contributed by atoms with Crippen LogP contribution in [-0.4, -0.2) is 62.9 Å². The number of hydrogen-bond acceptors (Lipinski definition) is 6. The molecule has 2 aromatic heterocycles. The van der Waals surface area contributed by atoms with E-state index in [1.54, 1.807) is 29.3 Å². The molecule has 8 heteroatoms. The maximum atomic E-state index is 15.2. The van der Waals surface area contributed by atoms with Crippen molar-refractivity contribution in [3.63, 3.8) is 0 Å². The van der Waals surface area contributed by atoms with Gasteiger partial charge in [0, 0.05) is 48.6 Å². The van der Waals surface area contributed by atoms with Crippen molar-refractivity contribution in [2.45, 2.75) is 32.2 Å². The van der Waals surface area contributed by atoms with E-state index in [1.807, 2.05) is 13.0 Å².